The summed E-state index contributed by atoms with van der Waals surface area (Å²) in [7, 11) is 0. The van der Waals surface area contributed by atoms with Crippen molar-refractivity contribution in [2.45, 2.75) is 59.4 Å². The molecule has 2 N–H and O–H groups in total. The summed E-state index contributed by atoms with van der Waals surface area (Å²) in [4.78, 5) is 10.9. The van der Waals surface area contributed by atoms with E-state index in [1.54, 1.807) is 6.92 Å². The topological polar surface area (TPSA) is 43.1 Å². The Balaban J connectivity index is 3.53. The smallest absolute Gasteiger partial charge is 0.146 e. The van der Waals surface area contributed by atoms with Gasteiger partial charge >= 0.3 is 0 Å². The predicted octanol–water partition coefficient (Wildman–Crippen LogP) is 2.76. The second kappa shape index (κ2) is 6.99. The fourth-order valence-corrected chi connectivity index (χ4v) is 1.43. The van der Waals surface area contributed by atoms with Crippen molar-refractivity contribution in [2.24, 2.45) is 17.6 Å². The Labute approximate surface area is 88.3 Å². The Hall–Kier alpha value is -0.370. The highest BCUT2D eigenvalue weighted by Gasteiger charge is 2.10. The van der Waals surface area contributed by atoms with E-state index in [9.17, 15) is 4.79 Å². The molecule has 0 saturated heterocycles. The van der Waals surface area contributed by atoms with Crippen LogP contribution in [-0.4, -0.2) is 11.8 Å². The number of nitrogens with two attached hydrogens (primary N) is 1. The van der Waals surface area contributed by atoms with Gasteiger partial charge in [-0.15, -0.1) is 0 Å². The second-order valence-corrected chi connectivity index (χ2v) is 4.87. The first-order valence-electron chi connectivity index (χ1n) is 5.69. The van der Waals surface area contributed by atoms with E-state index in [0.29, 0.717) is 5.92 Å². The van der Waals surface area contributed by atoms with Gasteiger partial charge in [0.2, 0.25) is 0 Å². The van der Waals surface area contributed by atoms with E-state index < -0.39 is 0 Å². The normalized spacial score (nSPS) is 15.6. The molecule has 0 radical (unpaired) electrons. The van der Waals surface area contributed by atoms with Crippen molar-refractivity contribution in [2.75, 3.05) is 0 Å². The van der Waals surface area contributed by atoms with Crippen molar-refractivity contribution in [3.63, 3.8) is 0 Å². The monoisotopic (exact) mass is 199 g/mol. The maximum Gasteiger partial charge on any atom is 0.146 e. The number of rotatable bonds is 7. The molecule has 0 rings (SSSR count). The fraction of sp³-hybridized carbons (Fsp3) is 0.917. The van der Waals surface area contributed by atoms with Crippen LogP contribution in [0, 0.1) is 11.8 Å². The lowest BCUT2D eigenvalue weighted by atomic mass is 9.93. The van der Waals surface area contributed by atoms with Crippen molar-refractivity contribution >= 4 is 5.78 Å². The quantitative estimate of drug-likeness (QED) is 0.685. The number of carbonyl (C=O) groups excluding carboxylic acids is 1. The minimum Gasteiger partial charge on any atom is -0.322 e. The average Bonchev–Trinajstić information content (AvgIpc) is 2.10. The highest BCUT2D eigenvalue weighted by molar-refractivity contribution is 5.80. The molecule has 0 aliphatic heterocycles. The van der Waals surface area contributed by atoms with Gasteiger partial charge in [-0.3, -0.25) is 4.79 Å². The van der Waals surface area contributed by atoms with E-state index in [1.165, 1.54) is 12.8 Å². The van der Waals surface area contributed by atoms with Crippen molar-refractivity contribution in [1.82, 2.24) is 0 Å². The van der Waals surface area contributed by atoms with Gasteiger partial charge in [0.1, 0.15) is 5.78 Å². The van der Waals surface area contributed by atoms with Gasteiger partial charge < -0.3 is 5.73 Å². The van der Waals surface area contributed by atoms with Crippen LogP contribution < -0.4 is 5.73 Å². The molecule has 0 aliphatic rings. The van der Waals surface area contributed by atoms with Crippen LogP contribution in [0.1, 0.15) is 53.4 Å². The van der Waals surface area contributed by atoms with Crippen molar-refractivity contribution in [3.8, 4) is 0 Å². The van der Waals surface area contributed by atoms with Crippen molar-refractivity contribution in [3.05, 3.63) is 0 Å². The number of hydrogen-bond donors (Lipinski definition) is 1. The molecule has 2 nitrogen and oxygen atoms in total. The zero-order valence-electron chi connectivity index (χ0n) is 10.0. The second-order valence-electron chi connectivity index (χ2n) is 4.87. The lowest BCUT2D eigenvalue weighted by Gasteiger charge is -2.14. The molecule has 2 unspecified atom stereocenters. The van der Waals surface area contributed by atoms with Crippen LogP contribution in [0.25, 0.3) is 0 Å². The fourth-order valence-electron chi connectivity index (χ4n) is 1.43. The molecule has 0 spiro atoms. The molecule has 0 saturated carbocycles. The first kappa shape index (κ1) is 13.6. The Kier molecular flexibility index (Phi) is 6.81. The third kappa shape index (κ3) is 7.07. The molecule has 0 heterocycles. The van der Waals surface area contributed by atoms with E-state index in [-0.39, 0.29) is 11.8 Å². The summed E-state index contributed by atoms with van der Waals surface area (Å²) in [6.07, 6.45) is 4.45. The van der Waals surface area contributed by atoms with Crippen molar-refractivity contribution < 1.29 is 4.79 Å². The van der Waals surface area contributed by atoms with Crippen LogP contribution in [0.2, 0.25) is 0 Å². The lowest BCUT2D eigenvalue weighted by Crippen LogP contribution is -2.28. The lowest BCUT2D eigenvalue weighted by molar-refractivity contribution is -0.118. The van der Waals surface area contributed by atoms with Crippen LogP contribution in [0.15, 0.2) is 0 Å². The molecule has 84 valence electrons. The largest absolute Gasteiger partial charge is 0.322 e. The number of carbonyl (C=O) groups is 1. The van der Waals surface area contributed by atoms with E-state index in [1.807, 2.05) is 0 Å². The summed E-state index contributed by atoms with van der Waals surface area (Å²) >= 11 is 0. The minimum atomic E-state index is -0.239. The summed E-state index contributed by atoms with van der Waals surface area (Å²) in [6, 6.07) is -0.239. The molecule has 0 bridgehead atoms. The first-order valence-corrected chi connectivity index (χ1v) is 5.69. The first-order chi connectivity index (χ1) is 6.43. The molecule has 0 aromatic heterocycles. The van der Waals surface area contributed by atoms with E-state index in [2.05, 4.69) is 20.8 Å². The predicted molar refractivity (Wildman–Crippen MR) is 61.1 cm³/mol. The summed E-state index contributed by atoms with van der Waals surface area (Å²) in [5, 5.41) is 0. The van der Waals surface area contributed by atoms with Crippen LogP contribution in [-0.2, 0) is 4.79 Å². The maximum absolute atomic E-state index is 10.9. The van der Waals surface area contributed by atoms with Gasteiger partial charge in [-0.05, 0) is 31.6 Å². The highest BCUT2D eigenvalue weighted by atomic mass is 16.1. The Morgan fingerprint density at radius 3 is 2.00 bits per heavy atom. The third-order valence-corrected chi connectivity index (χ3v) is 2.73. The molecule has 0 fully saturated rings. The minimum absolute atomic E-state index is 0.112. The van der Waals surface area contributed by atoms with E-state index in [4.69, 9.17) is 5.73 Å². The molecule has 0 aromatic rings. The van der Waals surface area contributed by atoms with Crippen LogP contribution in [0.5, 0.6) is 0 Å². The van der Waals surface area contributed by atoms with Crippen LogP contribution in [0.3, 0.4) is 0 Å². The molecule has 14 heavy (non-hydrogen) atoms. The SMILES string of the molecule is CC(=O)C(N)CCC(C)CCC(C)C. The molecule has 0 amide bonds. The summed E-state index contributed by atoms with van der Waals surface area (Å²) in [5.41, 5.74) is 5.67. The molecular weight excluding hydrogens is 174 g/mol. The summed E-state index contributed by atoms with van der Waals surface area (Å²) < 4.78 is 0. The number of Topliss-reactive ketones (excluding diaryl/α,β-unsaturated/α-hetero) is 1. The zero-order chi connectivity index (χ0) is 11.1. The van der Waals surface area contributed by atoms with Gasteiger partial charge in [-0.2, -0.15) is 0 Å². The van der Waals surface area contributed by atoms with Crippen LogP contribution >= 0.6 is 0 Å². The number of ketones is 1. The molecule has 2 atom stereocenters. The van der Waals surface area contributed by atoms with E-state index in [0.717, 1.165) is 18.8 Å². The van der Waals surface area contributed by atoms with Gasteiger partial charge in [0, 0.05) is 0 Å². The van der Waals surface area contributed by atoms with Crippen LogP contribution in [0.4, 0.5) is 0 Å². The van der Waals surface area contributed by atoms with Crippen molar-refractivity contribution in [1.29, 1.82) is 0 Å². The van der Waals surface area contributed by atoms with Gasteiger partial charge in [0.15, 0.2) is 0 Å². The molecule has 2 heteroatoms. The molecule has 0 aromatic carbocycles. The molecular formula is C12H25NO. The number of hydrogen-bond acceptors (Lipinski definition) is 2. The van der Waals surface area contributed by atoms with Gasteiger partial charge in [-0.1, -0.05) is 33.6 Å². The zero-order valence-corrected chi connectivity index (χ0v) is 10.0. The maximum atomic E-state index is 10.9. The Bertz CT molecular complexity index is 166. The van der Waals surface area contributed by atoms with E-state index >= 15 is 0 Å². The summed E-state index contributed by atoms with van der Waals surface area (Å²) in [6.45, 7) is 8.31. The standard InChI is InChI=1S/C12H25NO/c1-9(2)5-6-10(3)7-8-12(13)11(4)14/h9-10,12H,5-8,13H2,1-4H3. The summed E-state index contributed by atoms with van der Waals surface area (Å²) in [5.74, 6) is 1.59. The average molecular weight is 199 g/mol. The van der Waals surface area contributed by atoms with Gasteiger partial charge in [0.25, 0.3) is 0 Å². The Morgan fingerprint density at radius 1 is 1.07 bits per heavy atom. The van der Waals surface area contributed by atoms with Gasteiger partial charge in [-0.25, -0.2) is 0 Å². The van der Waals surface area contributed by atoms with Gasteiger partial charge in [0.05, 0.1) is 6.04 Å². The Morgan fingerprint density at radius 2 is 1.57 bits per heavy atom. The highest BCUT2D eigenvalue weighted by Crippen LogP contribution is 2.17. The molecule has 0 aliphatic carbocycles. The third-order valence-electron chi connectivity index (χ3n) is 2.73.